The average Bonchev–Trinajstić information content (AvgIpc) is 3.27. The fraction of sp³-hybridized carbons (Fsp3) is 0.125. The van der Waals surface area contributed by atoms with Crippen molar-refractivity contribution in [1.82, 2.24) is 10.2 Å². The number of hydrogen-bond acceptors (Lipinski definition) is 5. The smallest absolute Gasteiger partial charge is 0.265 e. The number of amides is 1. The van der Waals surface area contributed by atoms with E-state index in [4.69, 9.17) is 20.8 Å². The molecule has 0 aliphatic rings. The van der Waals surface area contributed by atoms with Crippen molar-refractivity contribution in [3.63, 3.8) is 0 Å². The van der Waals surface area contributed by atoms with Gasteiger partial charge in [-0.15, -0.1) is 10.2 Å². The first-order chi connectivity index (χ1) is 15.0. The highest BCUT2D eigenvalue weighted by molar-refractivity contribution is 6.30. The summed E-state index contributed by atoms with van der Waals surface area (Å²) in [4.78, 5) is 12.6. The second-order valence-electron chi connectivity index (χ2n) is 7.02. The first-order valence-corrected chi connectivity index (χ1v) is 10.1. The molecule has 156 valence electrons. The number of nitrogens with one attached hydrogen (secondary N) is 1. The van der Waals surface area contributed by atoms with Crippen molar-refractivity contribution in [3.05, 3.63) is 83.4 Å². The van der Waals surface area contributed by atoms with E-state index in [2.05, 4.69) is 15.5 Å². The number of aryl methyl sites for hydroxylation is 1. The van der Waals surface area contributed by atoms with Crippen LogP contribution in [0.3, 0.4) is 0 Å². The summed E-state index contributed by atoms with van der Waals surface area (Å²) in [6.07, 6.45) is -0.698. The molecule has 1 atom stereocenters. The lowest BCUT2D eigenvalue weighted by Gasteiger charge is -2.16. The Bertz CT molecular complexity index is 1210. The van der Waals surface area contributed by atoms with E-state index < -0.39 is 6.10 Å². The van der Waals surface area contributed by atoms with E-state index in [1.54, 1.807) is 37.3 Å². The largest absolute Gasteiger partial charge is 0.481 e. The van der Waals surface area contributed by atoms with Gasteiger partial charge < -0.3 is 14.5 Å². The Kier molecular flexibility index (Phi) is 6.00. The zero-order chi connectivity index (χ0) is 21.8. The Balaban J connectivity index is 1.46. The van der Waals surface area contributed by atoms with Gasteiger partial charge in [0.15, 0.2) is 6.10 Å². The number of carbonyl (C=O) groups excluding carboxylic acids is 1. The number of rotatable bonds is 6. The number of halogens is 1. The van der Waals surface area contributed by atoms with E-state index >= 15 is 0 Å². The predicted molar refractivity (Wildman–Crippen MR) is 120 cm³/mol. The molecule has 0 aliphatic carbocycles. The third kappa shape index (κ3) is 4.92. The van der Waals surface area contributed by atoms with Gasteiger partial charge in [0.05, 0.1) is 0 Å². The second-order valence-corrected chi connectivity index (χ2v) is 7.45. The Labute approximate surface area is 184 Å². The molecular weight excluding hydrogens is 414 g/mol. The summed E-state index contributed by atoms with van der Waals surface area (Å²) in [5.74, 6) is 1.14. The van der Waals surface area contributed by atoms with Gasteiger partial charge in [-0.1, -0.05) is 35.9 Å². The molecule has 6 nitrogen and oxygen atoms in total. The molecule has 3 aromatic carbocycles. The second kappa shape index (κ2) is 9.02. The molecule has 1 heterocycles. The molecule has 7 heteroatoms. The van der Waals surface area contributed by atoms with Gasteiger partial charge in [0.1, 0.15) is 5.75 Å². The van der Waals surface area contributed by atoms with Crippen molar-refractivity contribution < 1.29 is 13.9 Å². The normalized spacial score (nSPS) is 11.7. The Hall–Kier alpha value is -3.64. The molecule has 1 aromatic heterocycles. The van der Waals surface area contributed by atoms with Gasteiger partial charge in [-0.3, -0.25) is 4.79 Å². The van der Waals surface area contributed by atoms with Crippen molar-refractivity contribution in [2.75, 3.05) is 5.32 Å². The van der Waals surface area contributed by atoms with Crippen molar-refractivity contribution >= 4 is 23.2 Å². The third-order valence-electron chi connectivity index (χ3n) is 4.63. The summed E-state index contributed by atoms with van der Waals surface area (Å²) in [5.41, 5.74) is 3.01. The van der Waals surface area contributed by atoms with Crippen molar-refractivity contribution in [1.29, 1.82) is 0 Å². The summed E-state index contributed by atoms with van der Waals surface area (Å²) in [6, 6.07) is 22.0. The SMILES string of the molecule is Cc1cc(Cl)ccc1O[C@@H](C)C(=O)Nc1cccc(-c2nnc(-c3ccccc3)o2)c1. The van der Waals surface area contributed by atoms with Crippen LogP contribution in [-0.4, -0.2) is 22.2 Å². The minimum Gasteiger partial charge on any atom is -0.481 e. The summed E-state index contributed by atoms with van der Waals surface area (Å²) >= 11 is 5.97. The number of benzene rings is 3. The van der Waals surface area contributed by atoms with Gasteiger partial charge in [-0.05, 0) is 67.9 Å². The molecule has 0 unspecified atom stereocenters. The number of ether oxygens (including phenoxy) is 1. The van der Waals surface area contributed by atoms with Crippen LogP contribution in [0.15, 0.2) is 77.2 Å². The van der Waals surface area contributed by atoms with Gasteiger partial charge in [-0.25, -0.2) is 0 Å². The quantitative estimate of drug-likeness (QED) is 0.417. The number of hydrogen-bond donors (Lipinski definition) is 1. The molecule has 0 saturated carbocycles. The summed E-state index contributed by atoms with van der Waals surface area (Å²) in [5, 5.41) is 11.7. The van der Waals surface area contributed by atoms with Crippen molar-refractivity contribution in [3.8, 4) is 28.7 Å². The van der Waals surface area contributed by atoms with E-state index in [0.717, 1.165) is 11.1 Å². The first kappa shape index (κ1) is 20.6. The highest BCUT2D eigenvalue weighted by atomic mass is 35.5. The van der Waals surface area contributed by atoms with E-state index in [1.807, 2.05) is 49.4 Å². The molecule has 4 rings (SSSR count). The molecule has 1 amide bonds. The van der Waals surface area contributed by atoms with E-state index in [0.29, 0.717) is 33.8 Å². The number of aromatic nitrogens is 2. The monoisotopic (exact) mass is 433 g/mol. The van der Waals surface area contributed by atoms with Gasteiger partial charge in [0.25, 0.3) is 5.91 Å². The van der Waals surface area contributed by atoms with Crippen LogP contribution in [0.25, 0.3) is 22.9 Å². The average molecular weight is 434 g/mol. The molecule has 4 aromatic rings. The van der Waals surface area contributed by atoms with E-state index in [9.17, 15) is 4.79 Å². The minimum absolute atomic E-state index is 0.276. The Morgan fingerprint density at radius 3 is 2.42 bits per heavy atom. The lowest BCUT2D eigenvalue weighted by molar-refractivity contribution is -0.122. The third-order valence-corrected chi connectivity index (χ3v) is 4.87. The number of anilines is 1. The van der Waals surface area contributed by atoms with E-state index in [1.165, 1.54) is 0 Å². The maximum atomic E-state index is 12.6. The summed E-state index contributed by atoms with van der Waals surface area (Å²) < 4.78 is 11.6. The zero-order valence-electron chi connectivity index (χ0n) is 17.0. The van der Waals surface area contributed by atoms with Gasteiger partial charge >= 0.3 is 0 Å². The van der Waals surface area contributed by atoms with Crippen molar-refractivity contribution in [2.24, 2.45) is 0 Å². The summed E-state index contributed by atoms with van der Waals surface area (Å²) in [6.45, 7) is 3.57. The predicted octanol–water partition coefficient (Wildman–Crippen LogP) is 5.77. The number of carbonyl (C=O) groups is 1. The van der Waals surface area contributed by atoms with Gasteiger partial charge in [-0.2, -0.15) is 0 Å². The lowest BCUT2D eigenvalue weighted by Crippen LogP contribution is -2.30. The van der Waals surface area contributed by atoms with Crippen LogP contribution < -0.4 is 10.1 Å². The molecule has 0 saturated heterocycles. The van der Waals surface area contributed by atoms with Crippen LogP contribution in [0, 0.1) is 6.92 Å². The van der Waals surface area contributed by atoms with Crippen LogP contribution >= 0.6 is 11.6 Å². The van der Waals surface area contributed by atoms with Crippen LogP contribution in [0.4, 0.5) is 5.69 Å². The Morgan fingerprint density at radius 1 is 0.968 bits per heavy atom. The highest BCUT2D eigenvalue weighted by Gasteiger charge is 2.17. The van der Waals surface area contributed by atoms with Crippen LogP contribution in [0.1, 0.15) is 12.5 Å². The maximum Gasteiger partial charge on any atom is 0.265 e. The van der Waals surface area contributed by atoms with Crippen LogP contribution in [0.5, 0.6) is 5.75 Å². The van der Waals surface area contributed by atoms with Gasteiger partial charge in [0.2, 0.25) is 11.8 Å². The highest BCUT2D eigenvalue weighted by Crippen LogP contribution is 2.26. The lowest BCUT2D eigenvalue weighted by atomic mass is 10.2. The standard InChI is InChI=1S/C24H20ClN3O3/c1-15-13-19(25)11-12-21(15)30-16(2)22(29)26-20-10-6-9-18(14-20)24-28-27-23(31-24)17-7-4-3-5-8-17/h3-14,16H,1-2H3,(H,26,29)/t16-/m0/s1. The Morgan fingerprint density at radius 2 is 1.68 bits per heavy atom. The van der Waals surface area contributed by atoms with Crippen LogP contribution in [0.2, 0.25) is 5.02 Å². The fourth-order valence-electron chi connectivity index (χ4n) is 3.00. The maximum absolute atomic E-state index is 12.6. The molecule has 0 aliphatic heterocycles. The van der Waals surface area contributed by atoms with Crippen molar-refractivity contribution in [2.45, 2.75) is 20.0 Å². The first-order valence-electron chi connectivity index (χ1n) is 9.72. The van der Waals surface area contributed by atoms with Crippen LogP contribution in [-0.2, 0) is 4.79 Å². The minimum atomic E-state index is -0.698. The molecule has 0 fully saturated rings. The molecule has 0 spiro atoms. The molecule has 1 N–H and O–H groups in total. The number of nitrogens with zero attached hydrogens (tertiary/aromatic N) is 2. The summed E-state index contributed by atoms with van der Waals surface area (Å²) in [7, 11) is 0. The molecule has 0 bridgehead atoms. The zero-order valence-corrected chi connectivity index (χ0v) is 17.8. The topological polar surface area (TPSA) is 77.2 Å². The van der Waals surface area contributed by atoms with E-state index in [-0.39, 0.29) is 5.91 Å². The van der Waals surface area contributed by atoms with Gasteiger partial charge in [0, 0.05) is 21.8 Å². The molecule has 0 radical (unpaired) electrons. The molecular formula is C24H20ClN3O3. The fourth-order valence-corrected chi connectivity index (χ4v) is 3.23. The molecule has 31 heavy (non-hydrogen) atoms.